The van der Waals surface area contributed by atoms with E-state index in [1.807, 2.05) is 24.3 Å². The molecule has 1 aliphatic heterocycles. The molecule has 0 unspecified atom stereocenters. The number of ether oxygens (including phenoxy) is 1. The molecule has 0 radical (unpaired) electrons. The van der Waals surface area contributed by atoms with Crippen molar-refractivity contribution in [2.75, 3.05) is 4.61 Å². The Kier molecular flexibility index (Phi) is 3.30. The number of carbonyl (C=O) groups is 1. The van der Waals surface area contributed by atoms with Crippen LogP contribution in [-0.2, 0) is 9.53 Å². The van der Waals surface area contributed by atoms with Crippen molar-refractivity contribution in [2.24, 2.45) is 0 Å². The molecule has 0 bridgehead atoms. The number of hydrogen-bond donors (Lipinski definition) is 1. The van der Waals surface area contributed by atoms with Crippen molar-refractivity contribution < 1.29 is 35.8 Å². The molecule has 3 nitrogen and oxygen atoms in total. The summed E-state index contributed by atoms with van der Waals surface area (Å²) >= 11 is 2.88. The van der Waals surface area contributed by atoms with Crippen LogP contribution in [0.3, 0.4) is 0 Å². The second-order valence-electron chi connectivity index (χ2n) is 2.82. The van der Waals surface area contributed by atoms with Gasteiger partial charge in [0.05, 0.1) is 0 Å². The van der Waals surface area contributed by atoms with Crippen molar-refractivity contribution in [2.45, 2.75) is 0 Å². The molecule has 0 spiro atoms. The summed E-state index contributed by atoms with van der Waals surface area (Å²) in [6.45, 7) is 0. The van der Waals surface area contributed by atoms with Crippen LogP contribution in [0.15, 0.2) is 32.3 Å². The molecular weight excluding hydrogens is 375 g/mol. The van der Waals surface area contributed by atoms with E-state index in [1.54, 1.807) is 0 Å². The number of halogens is 2. The molecule has 5 heteroatoms. The van der Waals surface area contributed by atoms with Crippen LogP contribution in [0.2, 0.25) is 0 Å². The first kappa shape index (κ1) is 10.9. The van der Waals surface area contributed by atoms with Gasteiger partial charge in [-0.15, -0.1) is 0 Å². The molecule has 0 aliphatic carbocycles. The van der Waals surface area contributed by atoms with Crippen LogP contribution < -0.4 is 21.2 Å². The number of benzene rings is 1. The Morgan fingerprint density at radius 1 is 1.47 bits per heavy atom. The van der Waals surface area contributed by atoms with Gasteiger partial charge >= 0.3 is 106 Å². The third-order valence-electron chi connectivity index (χ3n) is 1.89. The van der Waals surface area contributed by atoms with E-state index in [4.69, 9.17) is 9.84 Å². The molecule has 1 aromatic carbocycles. The van der Waals surface area contributed by atoms with E-state index in [1.165, 1.54) is 0 Å². The van der Waals surface area contributed by atoms with E-state index in [0.717, 1.165) is 10.0 Å². The Hall–Kier alpha value is -0.560. The van der Waals surface area contributed by atoms with E-state index in [2.05, 4.69) is 15.9 Å². The minimum absolute atomic E-state index is 0.459. The van der Waals surface area contributed by atoms with Gasteiger partial charge in [-0.3, -0.25) is 0 Å². The Bertz CT molecular complexity index is 442. The summed E-state index contributed by atoms with van der Waals surface area (Å²) < 4.78 is 7.29. The summed E-state index contributed by atoms with van der Waals surface area (Å²) in [7, 11) is 0. The van der Waals surface area contributed by atoms with Crippen molar-refractivity contribution >= 4 is 27.7 Å². The quantitative estimate of drug-likeness (QED) is 0.543. The molecule has 1 N–H and O–H groups in total. The Morgan fingerprint density at radius 3 is 2.87 bits per heavy atom. The average Bonchev–Trinajstić information content (AvgIpc) is 2.67. The van der Waals surface area contributed by atoms with Gasteiger partial charge in [-0.2, -0.15) is 0 Å². The van der Waals surface area contributed by atoms with E-state index in [-0.39, 0.29) is 0 Å². The van der Waals surface area contributed by atoms with Gasteiger partial charge in [0.25, 0.3) is 0 Å². The van der Waals surface area contributed by atoms with Gasteiger partial charge in [-0.1, -0.05) is 0 Å². The van der Waals surface area contributed by atoms with Gasteiger partial charge in [0.1, 0.15) is 0 Å². The van der Waals surface area contributed by atoms with Crippen LogP contribution in [0.1, 0.15) is 5.56 Å². The fraction of sp³-hybridized carbons (Fsp3) is 0.100. The normalized spacial score (nSPS) is 15.8. The topological polar surface area (TPSA) is 46.5 Å². The summed E-state index contributed by atoms with van der Waals surface area (Å²) in [6, 6.07) is 7.49. The molecule has 1 heterocycles. The third kappa shape index (κ3) is 2.17. The van der Waals surface area contributed by atoms with Gasteiger partial charge < -0.3 is 0 Å². The zero-order chi connectivity index (χ0) is 10.8. The molecule has 0 aromatic heterocycles. The third-order valence-corrected chi connectivity index (χ3v) is 4.92. The number of alkyl halides is 1. The second kappa shape index (κ2) is 4.52. The number of carboxylic acid groups (broad SMARTS) is 1. The van der Waals surface area contributed by atoms with Crippen LogP contribution in [0.4, 0.5) is 0 Å². The number of carboxylic acids is 1. The van der Waals surface area contributed by atoms with Crippen molar-refractivity contribution in [1.82, 2.24) is 0 Å². The number of aliphatic carboxylic acids is 1. The fourth-order valence-corrected chi connectivity index (χ4v) is 3.62. The summed E-state index contributed by atoms with van der Waals surface area (Å²) in [5.74, 6) is -0.325. The van der Waals surface area contributed by atoms with E-state index in [0.29, 0.717) is 14.0 Å². The molecule has 0 fully saturated rings. The fourth-order valence-electron chi connectivity index (χ4n) is 1.26. The molecule has 80 valence electrons. The first-order valence-electron chi connectivity index (χ1n) is 4.14. The number of rotatable bonds is 2. The van der Waals surface area contributed by atoms with Gasteiger partial charge in [0.2, 0.25) is 0 Å². The van der Waals surface area contributed by atoms with Crippen molar-refractivity contribution in [1.29, 1.82) is 0 Å². The maximum atomic E-state index is 11.0. The summed E-state index contributed by atoms with van der Waals surface area (Å²) in [5.41, 5.74) is 0.826. The van der Waals surface area contributed by atoms with E-state index in [9.17, 15) is 4.79 Å². The first-order chi connectivity index (χ1) is 7.20. The Balaban J connectivity index is 2.51. The molecule has 15 heavy (non-hydrogen) atoms. The maximum absolute atomic E-state index is 11.0. The zero-order valence-corrected chi connectivity index (χ0v) is 11.3. The molecule has 2 rings (SSSR count). The average molecular weight is 382 g/mol. The molecule has 0 saturated heterocycles. The Labute approximate surface area is 106 Å². The van der Waals surface area contributed by atoms with Crippen molar-refractivity contribution in [3.05, 3.63) is 37.9 Å². The monoisotopic (exact) mass is 381 g/mol. The second-order valence-corrected chi connectivity index (χ2v) is 6.13. The molecule has 1 aliphatic rings. The van der Waals surface area contributed by atoms with Crippen LogP contribution in [-0.4, -0.2) is 15.7 Å². The molecular formula is C10H7BrIO3-. The summed E-state index contributed by atoms with van der Waals surface area (Å²) in [5, 5.41) is 9.01. The summed E-state index contributed by atoms with van der Waals surface area (Å²) in [4.78, 5) is 11.0. The van der Waals surface area contributed by atoms with Crippen LogP contribution >= 0.6 is 15.9 Å². The van der Waals surface area contributed by atoms with Gasteiger partial charge in [-0.25, -0.2) is 0 Å². The predicted octanol–water partition coefficient (Wildman–Crippen LogP) is -0.721. The Morgan fingerprint density at radius 2 is 2.20 bits per heavy atom. The van der Waals surface area contributed by atoms with Crippen LogP contribution in [0, 0.1) is 0 Å². The summed E-state index contributed by atoms with van der Waals surface area (Å²) in [6.07, 6.45) is 0. The van der Waals surface area contributed by atoms with Crippen molar-refractivity contribution in [3.63, 3.8) is 0 Å². The molecule has 0 atom stereocenters. The van der Waals surface area contributed by atoms with E-state index < -0.39 is 27.2 Å². The van der Waals surface area contributed by atoms with Gasteiger partial charge in [-0.05, 0) is 0 Å². The van der Waals surface area contributed by atoms with Crippen LogP contribution in [0.5, 0.6) is 0 Å². The minimum atomic E-state index is -0.856. The molecule has 0 amide bonds. The predicted molar refractivity (Wildman–Crippen MR) is 54.6 cm³/mol. The SMILES string of the molecule is O=C(O)C1=C(c2ccccc2Br)OC[I-]1. The van der Waals surface area contributed by atoms with Crippen LogP contribution in [0.25, 0.3) is 5.76 Å². The first-order valence-corrected chi connectivity index (χ1v) is 7.54. The number of hydrogen-bond acceptors (Lipinski definition) is 2. The molecule has 0 saturated carbocycles. The van der Waals surface area contributed by atoms with E-state index >= 15 is 0 Å². The van der Waals surface area contributed by atoms with Crippen molar-refractivity contribution in [3.8, 4) is 0 Å². The van der Waals surface area contributed by atoms with Gasteiger partial charge in [0, 0.05) is 0 Å². The molecule has 1 aromatic rings. The standard InChI is InChI=1S/C10H7BrIO3/c11-7-4-2-1-3-6(7)9-8(10(13)14)12-5-15-9/h1-4H,5H2,(H,13,14)/q-1. The zero-order valence-electron chi connectivity index (χ0n) is 7.54. The van der Waals surface area contributed by atoms with Gasteiger partial charge in [0.15, 0.2) is 0 Å².